The van der Waals surface area contributed by atoms with Gasteiger partial charge < -0.3 is 9.84 Å². The maximum atomic E-state index is 10.9. The Labute approximate surface area is 112 Å². The second kappa shape index (κ2) is 5.20. The van der Waals surface area contributed by atoms with E-state index in [0.29, 0.717) is 10.8 Å². The van der Waals surface area contributed by atoms with Crippen LogP contribution in [0.3, 0.4) is 0 Å². The van der Waals surface area contributed by atoms with Crippen molar-refractivity contribution in [3.05, 3.63) is 46.3 Å². The number of rotatable bonds is 3. The van der Waals surface area contributed by atoms with Crippen LogP contribution in [0.25, 0.3) is 0 Å². The van der Waals surface area contributed by atoms with Crippen LogP contribution in [-0.4, -0.2) is 21.0 Å². The minimum atomic E-state index is -1.16. The first-order valence-corrected chi connectivity index (χ1v) is 5.49. The van der Waals surface area contributed by atoms with Gasteiger partial charge in [0.05, 0.1) is 16.8 Å². The van der Waals surface area contributed by atoms with Gasteiger partial charge in [0.15, 0.2) is 0 Å². The third-order valence-electron chi connectivity index (χ3n) is 1.98. The number of carbonyl (C=O) groups is 1. The quantitative estimate of drug-likeness (QED) is 0.936. The summed E-state index contributed by atoms with van der Waals surface area (Å²) in [4.78, 5) is 18.6. The normalized spacial score (nSPS) is 10.1. The third-order valence-corrected chi connectivity index (χ3v) is 2.55. The van der Waals surface area contributed by atoms with E-state index in [-0.39, 0.29) is 16.5 Å². The fraction of sp³-hybridized carbons (Fsp3) is 0. The molecule has 0 amide bonds. The molecule has 0 aliphatic carbocycles. The van der Waals surface area contributed by atoms with Crippen LogP contribution in [0.2, 0.25) is 10.0 Å². The van der Waals surface area contributed by atoms with Crippen molar-refractivity contribution >= 4 is 29.2 Å². The fourth-order valence-corrected chi connectivity index (χ4v) is 1.62. The molecule has 7 heteroatoms. The SMILES string of the molecule is O=C(O)c1ccnc(Oc2cncc(Cl)c2)c1Cl. The molecule has 0 aliphatic heterocycles. The zero-order valence-electron chi connectivity index (χ0n) is 8.80. The van der Waals surface area contributed by atoms with E-state index in [1.165, 1.54) is 30.7 Å². The molecule has 2 heterocycles. The summed E-state index contributed by atoms with van der Waals surface area (Å²) in [6.07, 6.45) is 4.15. The van der Waals surface area contributed by atoms with Crippen molar-refractivity contribution in [2.24, 2.45) is 0 Å². The van der Waals surface area contributed by atoms with E-state index in [0.717, 1.165) is 0 Å². The highest BCUT2D eigenvalue weighted by molar-refractivity contribution is 6.34. The molecule has 0 saturated heterocycles. The number of carboxylic acids is 1. The van der Waals surface area contributed by atoms with E-state index in [4.69, 9.17) is 33.0 Å². The Bertz CT molecular complexity index is 605. The Morgan fingerprint density at radius 2 is 2.11 bits per heavy atom. The maximum Gasteiger partial charge on any atom is 0.337 e. The fourth-order valence-electron chi connectivity index (χ4n) is 1.22. The van der Waals surface area contributed by atoms with Gasteiger partial charge in [-0.1, -0.05) is 23.2 Å². The molecule has 0 saturated carbocycles. The molecule has 0 atom stereocenters. The summed E-state index contributed by atoms with van der Waals surface area (Å²) in [5.74, 6) is -0.850. The lowest BCUT2D eigenvalue weighted by Gasteiger charge is -2.07. The lowest BCUT2D eigenvalue weighted by atomic mass is 10.3. The van der Waals surface area contributed by atoms with Gasteiger partial charge in [-0.05, 0) is 6.07 Å². The smallest absolute Gasteiger partial charge is 0.337 e. The lowest BCUT2D eigenvalue weighted by molar-refractivity contribution is 0.0696. The average molecular weight is 285 g/mol. The van der Waals surface area contributed by atoms with E-state index < -0.39 is 5.97 Å². The van der Waals surface area contributed by atoms with Crippen molar-refractivity contribution in [2.45, 2.75) is 0 Å². The van der Waals surface area contributed by atoms with Gasteiger partial charge in [0, 0.05) is 18.5 Å². The Balaban J connectivity index is 2.35. The molecule has 0 unspecified atom stereocenters. The second-order valence-electron chi connectivity index (χ2n) is 3.22. The van der Waals surface area contributed by atoms with Gasteiger partial charge in [-0.3, -0.25) is 4.98 Å². The van der Waals surface area contributed by atoms with Gasteiger partial charge in [-0.25, -0.2) is 9.78 Å². The monoisotopic (exact) mass is 284 g/mol. The first-order chi connectivity index (χ1) is 8.58. The van der Waals surface area contributed by atoms with E-state index in [2.05, 4.69) is 9.97 Å². The van der Waals surface area contributed by atoms with Crippen LogP contribution in [-0.2, 0) is 0 Å². The number of halogens is 2. The molecule has 2 rings (SSSR count). The predicted molar refractivity (Wildman–Crippen MR) is 65.5 cm³/mol. The summed E-state index contributed by atoms with van der Waals surface area (Å²) in [6.45, 7) is 0. The van der Waals surface area contributed by atoms with Crippen LogP contribution in [0.5, 0.6) is 11.6 Å². The summed E-state index contributed by atoms with van der Waals surface area (Å²) in [7, 11) is 0. The van der Waals surface area contributed by atoms with Gasteiger partial charge in [0.2, 0.25) is 5.88 Å². The van der Waals surface area contributed by atoms with Crippen LogP contribution >= 0.6 is 23.2 Å². The Morgan fingerprint density at radius 1 is 1.33 bits per heavy atom. The lowest BCUT2D eigenvalue weighted by Crippen LogP contribution is -2.00. The first-order valence-electron chi connectivity index (χ1n) is 4.74. The van der Waals surface area contributed by atoms with Crippen LogP contribution in [0.15, 0.2) is 30.7 Å². The van der Waals surface area contributed by atoms with Crippen molar-refractivity contribution in [3.8, 4) is 11.6 Å². The summed E-state index contributed by atoms with van der Waals surface area (Å²) in [6, 6.07) is 2.80. The number of carboxylic acid groups (broad SMARTS) is 1. The van der Waals surface area contributed by atoms with Crippen molar-refractivity contribution in [1.82, 2.24) is 9.97 Å². The molecule has 0 aliphatic rings. The molecule has 2 aromatic heterocycles. The molecule has 0 aromatic carbocycles. The van der Waals surface area contributed by atoms with Gasteiger partial charge in [-0.2, -0.15) is 0 Å². The molecule has 0 bridgehead atoms. The second-order valence-corrected chi connectivity index (χ2v) is 4.04. The molecule has 92 valence electrons. The van der Waals surface area contributed by atoms with Gasteiger partial charge >= 0.3 is 5.97 Å². The standard InChI is InChI=1S/C11H6Cl2N2O3/c12-6-3-7(5-14-4-6)18-10-9(13)8(11(16)17)1-2-15-10/h1-5H,(H,16,17). The molecular weight excluding hydrogens is 279 g/mol. The van der Waals surface area contributed by atoms with Crippen LogP contribution in [0, 0.1) is 0 Å². The average Bonchev–Trinajstić information content (AvgIpc) is 2.31. The van der Waals surface area contributed by atoms with Crippen molar-refractivity contribution < 1.29 is 14.6 Å². The summed E-state index contributed by atoms with van der Waals surface area (Å²) < 4.78 is 5.33. The zero-order chi connectivity index (χ0) is 13.1. The molecule has 0 spiro atoms. The molecule has 2 aromatic rings. The molecule has 18 heavy (non-hydrogen) atoms. The molecular formula is C11H6Cl2N2O3. The largest absolute Gasteiger partial charge is 0.478 e. The van der Waals surface area contributed by atoms with Crippen LogP contribution in [0.4, 0.5) is 0 Å². The maximum absolute atomic E-state index is 10.9. The zero-order valence-corrected chi connectivity index (χ0v) is 10.3. The number of hydrogen-bond acceptors (Lipinski definition) is 4. The number of ether oxygens (including phenoxy) is 1. The van der Waals surface area contributed by atoms with Crippen molar-refractivity contribution in [1.29, 1.82) is 0 Å². The van der Waals surface area contributed by atoms with E-state index in [9.17, 15) is 4.79 Å². The summed E-state index contributed by atoms with van der Waals surface area (Å²) in [5, 5.41) is 9.21. The minimum Gasteiger partial charge on any atom is -0.478 e. The van der Waals surface area contributed by atoms with Gasteiger partial charge in [0.1, 0.15) is 10.8 Å². The van der Waals surface area contributed by atoms with Crippen LogP contribution < -0.4 is 4.74 Å². The summed E-state index contributed by atoms with van der Waals surface area (Å²) in [5.41, 5.74) is -0.0864. The predicted octanol–water partition coefficient (Wildman–Crippen LogP) is 3.27. The van der Waals surface area contributed by atoms with E-state index in [1.807, 2.05) is 0 Å². The summed E-state index contributed by atoms with van der Waals surface area (Å²) >= 11 is 11.6. The number of aromatic carboxylic acids is 1. The molecule has 0 radical (unpaired) electrons. The number of pyridine rings is 2. The molecule has 5 nitrogen and oxygen atoms in total. The highest BCUT2D eigenvalue weighted by Gasteiger charge is 2.15. The minimum absolute atomic E-state index is 0.0133. The van der Waals surface area contributed by atoms with Crippen molar-refractivity contribution in [3.63, 3.8) is 0 Å². The first kappa shape index (κ1) is 12.6. The number of aromatic nitrogens is 2. The third kappa shape index (κ3) is 2.69. The number of nitrogens with zero attached hydrogens (tertiary/aromatic N) is 2. The molecule has 0 fully saturated rings. The topological polar surface area (TPSA) is 72.3 Å². The Kier molecular flexibility index (Phi) is 3.64. The molecule has 1 N–H and O–H groups in total. The number of hydrogen-bond donors (Lipinski definition) is 1. The van der Waals surface area contributed by atoms with Gasteiger partial charge in [0.25, 0.3) is 0 Å². The van der Waals surface area contributed by atoms with Crippen molar-refractivity contribution in [2.75, 3.05) is 0 Å². The highest BCUT2D eigenvalue weighted by atomic mass is 35.5. The Morgan fingerprint density at radius 3 is 2.78 bits per heavy atom. The van der Waals surface area contributed by atoms with E-state index in [1.54, 1.807) is 0 Å². The van der Waals surface area contributed by atoms with Gasteiger partial charge in [-0.15, -0.1) is 0 Å². The highest BCUT2D eigenvalue weighted by Crippen LogP contribution is 2.30. The van der Waals surface area contributed by atoms with Crippen LogP contribution in [0.1, 0.15) is 10.4 Å². The van der Waals surface area contributed by atoms with E-state index >= 15 is 0 Å². The Hall–Kier alpha value is -1.85.